The van der Waals surface area contributed by atoms with Crippen molar-refractivity contribution in [2.75, 3.05) is 14.2 Å². The Morgan fingerprint density at radius 1 is 1.10 bits per heavy atom. The molecule has 0 amide bonds. The molecule has 0 rings (SSSR count). The summed E-state index contributed by atoms with van der Waals surface area (Å²) in [7, 11) is 2.68. The summed E-state index contributed by atoms with van der Waals surface area (Å²) in [5.74, 6) is -0.669. The van der Waals surface area contributed by atoms with E-state index in [9.17, 15) is 14.7 Å². The number of esters is 2. The van der Waals surface area contributed by atoms with E-state index in [0.29, 0.717) is 6.42 Å². The summed E-state index contributed by atoms with van der Waals surface area (Å²) in [6.45, 7) is 3.83. The van der Waals surface area contributed by atoms with Crippen LogP contribution < -0.4 is 0 Å². The molecule has 0 aromatic rings. The van der Waals surface area contributed by atoms with Crippen LogP contribution >= 0.6 is 0 Å². The molecule has 0 heterocycles. The van der Waals surface area contributed by atoms with Crippen LogP contribution in [-0.2, 0) is 19.1 Å². The van der Waals surface area contributed by atoms with Crippen molar-refractivity contribution in [1.29, 1.82) is 0 Å². The fourth-order valence-corrected chi connectivity index (χ4v) is 1.62. The summed E-state index contributed by atoms with van der Waals surface area (Å²) in [6, 6.07) is 0. The van der Waals surface area contributed by atoms with Gasteiger partial charge in [0.05, 0.1) is 33.2 Å². The number of aliphatic hydroxyl groups excluding tert-OH is 1. The van der Waals surface area contributed by atoms with Crippen molar-refractivity contribution in [3.8, 4) is 0 Å². The van der Waals surface area contributed by atoms with Crippen molar-refractivity contribution in [3.63, 3.8) is 0 Å². The molecule has 0 spiro atoms. The zero-order chi connectivity index (χ0) is 16.3. The van der Waals surface area contributed by atoms with Crippen LogP contribution in [0.5, 0.6) is 0 Å². The van der Waals surface area contributed by atoms with Gasteiger partial charge in [0, 0.05) is 0 Å². The molecule has 0 bridgehead atoms. The van der Waals surface area contributed by atoms with E-state index in [-0.39, 0.29) is 24.7 Å². The second-order valence-corrected chi connectivity index (χ2v) is 5.07. The van der Waals surface area contributed by atoms with Crippen LogP contribution in [0, 0.1) is 5.92 Å². The second-order valence-electron chi connectivity index (χ2n) is 5.07. The number of rotatable bonds is 9. The Balaban J connectivity index is 4.04. The van der Waals surface area contributed by atoms with E-state index >= 15 is 0 Å². The lowest BCUT2D eigenvalue weighted by molar-refractivity contribution is -0.143. The highest BCUT2D eigenvalue weighted by molar-refractivity contribution is 5.71. The first-order valence-corrected chi connectivity index (χ1v) is 7.03. The van der Waals surface area contributed by atoms with Gasteiger partial charge in [-0.05, 0) is 25.7 Å². The lowest BCUT2D eigenvalue weighted by atomic mass is 9.98. The fourth-order valence-electron chi connectivity index (χ4n) is 1.62. The van der Waals surface area contributed by atoms with E-state index in [1.165, 1.54) is 14.2 Å². The van der Waals surface area contributed by atoms with E-state index in [4.69, 9.17) is 0 Å². The predicted octanol–water partition coefficient (Wildman–Crippen LogP) is 2.39. The summed E-state index contributed by atoms with van der Waals surface area (Å²) >= 11 is 0. The Hall–Kier alpha value is -1.62. The highest BCUT2D eigenvalue weighted by Gasteiger charge is 2.17. The fraction of sp³-hybridized carbons (Fsp3) is 0.625. The molecule has 120 valence electrons. The maximum Gasteiger partial charge on any atom is 0.309 e. The van der Waals surface area contributed by atoms with Crippen LogP contribution in [0.3, 0.4) is 0 Å². The van der Waals surface area contributed by atoms with Gasteiger partial charge in [-0.25, -0.2) is 0 Å². The molecule has 0 aliphatic heterocycles. The molecular formula is C16H26O5. The van der Waals surface area contributed by atoms with Gasteiger partial charge in [0.1, 0.15) is 0 Å². The lowest BCUT2D eigenvalue weighted by Crippen LogP contribution is -2.21. The summed E-state index contributed by atoms with van der Waals surface area (Å²) in [5.41, 5.74) is 1.08. The largest absolute Gasteiger partial charge is 0.469 e. The van der Waals surface area contributed by atoms with E-state index in [1.54, 1.807) is 0 Å². The van der Waals surface area contributed by atoms with Crippen LogP contribution in [0.4, 0.5) is 0 Å². The van der Waals surface area contributed by atoms with Crippen molar-refractivity contribution in [2.24, 2.45) is 5.92 Å². The van der Waals surface area contributed by atoms with Crippen LogP contribution in [-0.4, -0.2) is 37.4 Å². The van der Waals surface area contributed by atoms with E-state index < -0.39 is 12.1 Å². The van der Waals surface area contributed by atoms with Gasteiger partial charge in [0.25, 0.3) is 0 Å². The van der Waals surface area contributed by atoms with Gasteiger partial charge >= 0.3 is 11.9 Å². The number of allylic oxidation sites excluding steroid dienone is 3. The SMILES string of the molecule is COC(=O)CC=C(C)CC=CCC(C)C(O)CC(=O)OC. The van der Waals surface area contributed by atoms with Crippen LogP contribution in [0.1, 0.15) is 39.5 Å². The molecular weight excluding hydrogens is 272 g/mol. The quantitative estimate of drug-likeness (QED) is 0.522. The van der Waals surface area contributed by atoms with Gasteiger partial charge in [-0.1, -0.05) is 30.7 Å². The van der Waals surface area contributed by atoms with Crippen molar-refractivity contribution < 1.29 is 24.2 Å². The molecule has 0 saturated heterocycles. The highest BCUT2D eigenvalue weighted by atomic mass is 16.5. The second kappa shape index (κ2) is 11.1. The predicted molar refractivity (Wildman–Crippen MR) is 80.6 cm³/mol. The smallest absolute Gasteiger partial charge is 0.309 e. The minimum absolute atomic E-state index is 0.0142. The Bertz CT molecular complexity index is 384. The number of hydrogen-bond acceptors (Lipinski definition) is 5. The normalized spacial score (nSPS) is 14.8. The minimum atomic E-state index is -0.696. The zero-order valence-corrected chi connectivity index (χ0v) is 13.3. The van der Waals surface area contributed by atoms with Crippen molar-refractivity contribution >= 4 is 11.9 Å². The molecule has 0 fully saturated rings. The van der Waals surface area contributed by atoms with E-state index in [2.05, 4.69) is 9.47 Å². The third-order valence-electron chi connectivity index (χ3n) is 3.22. The van der Waals surface area contributed by atoms with Crippen LogP contribution in [0.15, 0.2) is 23.8 Å². The molecule has 0 aliphatic carbocycles. The summed E-state index contributed by atoms with van der Waals surface area (Å²) < 4.78 is 9.08. The summed E-state index contributed by atoms with van der Waals surface area (Å²) in [6.07, 6.45) is 6.84. The first kappa shape index (κ1) is 19.4. The van der Waals surface area contributed by atoms with Gasteiger partial charge in [-0.15, -0.1) is 0 Å². The van der Waals surface area contributed by atoms with Gasteiger partial charge < -0.3 is 14.6 Å². The molecule has 0 aliphatic rings. The molecule has 5 heteroatoms. The molecule has 0 aromatic carbocycles. The van der Waals surface area contributed by atoms with Gasteiger partial charge in [-0.3, -0.25) is 9.59 Å². The molecule has 5 nitrogen and oxygen atoms in total. The topological polar surface area (TPSA) is 72.8 Å². The summed E-state index contributed by atoms with van der Waals surface area (Å²) in [5, 5.41) is 9.80. The Morgan fingerprint density at radius 3 is 2.29 bits per heavy atom. The molecule has 0 aromatic heterocycles. The van der Waals surface area contributed by atoms with Gasteiger partial charge in [-0.2, -0.15) is 0 Å². The minimum Gasteiger partial charge on any atom is -0.469 e. The van der Waals surface area contributed by atoms with Gasteiger partial charge in [0.15, 0.2) is 0 Å². The van der Waals surface area contributed by atoms with Crippen molar-refractivity contribution in [3.05, 3.63) is 23.8 Å². The summed E-state index contributed by atoms with van der Waals surface area (Å²) in [4.78, 5) is 22.0. The standard InChI is InChI=1S/C16H26O5/c1-12(9-10-15(18)20-3)7-5-6-8-13(2)14(17)11-16(19)21-4/h5-6,9,13-14,17H,7-8,10-11H2,1-4H3. The van der Waals surface area contributed by atoms with E-state index in [0.717, 1.165) is 12.0 Å². The zero-order valence-electron chi connectivity index (χ0n) is 13.3. The maximum atomic E-state index is 11.1. The van der Waals surface area contributed by atoms with Crippen molar-refractivity contribution in [1.82, 2.24) is 0 Å². The first-order valence-electron chi connectivity index (χ1n) is 7.03. The number of carbonyl (C=O) groups excluding carboxylic acids is 2. The molecule has 1 N–H and O–H groups in total. The van der Waals surface area contributed by atoms with Crippen molar-refractivity contribution in [2.45, 2.75) is 45.6 Å². The number of carbonyl (C=O) groups is 2. The van der Waals surface area contributed by atoms with Gasteiger partial charge in [0.2, 0.25) is 0 Å². The average molecular weight is 298 g/mol. The molecule has 21 heavy (non-hydrogen) atoms. The van der Waals surface area contributed by atoms with Crippen LogP contribution in [0.2, 0.25) is 0 Å². The molecule has 2 unspecified atom stereocenters. The first-order chi connectivity index (χ1) is 9.90. The number of methoxy groups -OCH3 is 2. The Morgan fingerprint density at radius 2 is 1.71 bits per heavy atom. The van der Waals surface area contributed by atoms with E-state index in [1.807, 2.05) is 32.1 Å². The maximum absolute atomic E-state index is 11.1. The number of hydrogen-bond donors (Lipinski definition) is 1. The molecule has 0 saturated carbocycles. The number of aliphatic hydroxyl groups is 1. The highest BCUT2D eigenvalue weighted by Crippen LogP contribution is 2.13. The number of ether oxygens (including phenoxy) is 2. The Kier molecular flexibility index (Phi) is 10.2. The Labute approximate surface area is 126 Å². The molecule has 0 radical (unpaired) electrons. The third kappa shape index (κ3) is 9.85. The van der Waals surface area contributed by atoms with Crippen LogP contribution in [0.25, 0.3) is 0 Å². The third-order valence-corrected chi connectivity index (χ3v) is 3.22. The monoisotopic (exact) mass is 298 g/mol. The molecule has 2 atom stereocenters. The lowest BCUT2D eigenvalue weighted by Gasteiger charge is -2.15. The average Bonchev–Trinajstić information content (AvgIpc) is 2.48.